The number of aryl methyl sites for hydroxylation is 1. The highest BCUT2D eigenvalue weighted by atomic mass is 32.1. The Kier molecular flexibility index (Phi) is 3.60. The first kappa shape index (κ1) is 10.9. The minimum absolute atomic E-state index is 0.167. The number of hydrogen-bond acceptors (Lipinski definition) is 2. The lowest BCUT2D eigenvalue weighted by molar-refractivity contribution is 0.650. The molecule has 0 amide bonds. The molecule has 0 radical (unpaired) electrons. The van der Waals surface area contributed by atoms with Gasteiger partial charge in [0.05, 0.1) is 6.04 Å². The Balaban J connectivity index is 2.19. The third kappa shape index (κ3) is 2.32. The van der Waals surface area contributed by atoms with Gasteiger partial charge in [-0.25, -0.2) is 0 Å². The van der Waals surface area contributed by atoms with Gasteiger partial charge in [-0.1, -0.05) is 18.6 Å². The van der Waals surface area contributed by atoms with Crippen molar-refractivity contribution in [3.8, 4) is 0 Å². The summed E-state index contributed by atoms with van der Waals surface area (Å²) in [5.41, 5.74) is 9.22. The second kappa shape index (κ2) is 4.95. The van der Waals surface area contributed by atoms with Crippen LogP contribution < -0.4 is 5.73 Å². The van der Waals surface area contributed by atoms with E-state index >= 15 is 0 Å². The van der Waals surface area contributed by atoms with Crippen LogP contribution in [0.25, 0.3) is 0 Å². The van der Waals surface area contributed by atoms with Crippen LogP contribution in [-0.4, -0.2) is 0 Å². The van der Waals surface area contributed by atoms with Gasteiger partial charge in [0.15, 0.2) is 0 Å². The zero-order valence-electron chi connectivity index (χ0n) is 9.33. The predicted octanol–water partition coefficient (Wildman–Crippen LogP) is 3.81. The van der Waals surface area contributed by atoms with Crippen molar-refractivity contribution in [2.75, 3.05) is 0 Å². The molecule has 2 heteroatoms. The maximum atomic E-state index is 6.33. The van der Waals surface area contributed by atoms with Crippen molar-refractivity contribution < 1.29 is 0 Å². The van der Waals surface area contributed by atoms with Gasteiger partial charge in [-0.15, -0.1) is 11.3 Å². The van der Waals surface area contributed by atoms with Crippen molar-refractivity contribution in [1.29, 1.82) is 0 Å². The Morgan fingerprint density at radius 1 is 1.47 bits per heavy atom. The molecule has 1 aliphatic rings. The SMILES string of the molecule is CCc1ccsc1C(N)C1=CCCCC1. The molecular weight excluding hydrogens is 202 g/mol. The standard InChI is InChI=1S/C13H19NS/c1-2-10-8-9-15-13(10)12(14)11-6-4-3-5-7-11/h6,8-9,12H,2-5,7,14H2,1H3. The summed E-state index contributed by atoms with van der Waals surface area (Å²) in [6.07, 6.45) is 8.51. The Hall–Kier alpha value is -0.600. The molecule has 0 spiro atoms. The number of hydrogen-bond donors (Lipinski definition) is 1. The molecule has 0 fully saturated rings. The topological polar surface area (TPSA) is 26.0 Å². The van der Waals surface area contributed by atoms with Gasteiger partial charge in [0, 0.05) is 4.88 Å². The molecule has 1 heterocycles. The van der Waals surface area contributed by atoms with Gasteiger partial charge in [-0.05, 0) is 49.1 Å². The van der Waals surface area contributed by atoms with E-state index in [1.807, 2.05) is 11.3 Å². The molecule has 0 saturated carbocycles. The predicted molar refractivity (Wildman–Crippen MR) is 67.2 cm³/mol. The lowest BCUT2D eigenvalue weighted by atomic mass is 9.92. The lowest BCUT2D eigenvalue weighted by Gasteiger charge is -2.19. The van der Waals surface area contributed by atoms with E-state index in [0.29, 0.717) is 0 Å². The molecular formula is C13H19NS. The van der Waals surface area contributed by atoms with Crippen molar-refractivity contribution in [2.45, 2.75) is 45.1 Å². The zero-order valence-corrected chi connectivity index (χ0v) is 10.1. The molecule has 2 rings (SSSR count). The van der Waals surface area contributed by atoms with Gasteiger partial charge in [0.2, 0.25) is 0 Å². The van der Waals surface area contributed by atoms with Crippen molar-refractivity contribution in [1.82, 2.24) is 0 Å². The largest absolute Gasteiger partial charge is 0.320 e. The average molecular weight is 221 g/mol. The summed E-state index contributed by atoms with van der Waals surface area (Å²) >= 11 is 1.81. The molecule has 1 nitrogen and oxygen atoms in total. The van der Waals surface area contributed by atoms with Gasteiger partial charge >= 0.3 is 0 Å². The molecule has 1 aromatic heterocycles. The number of rotatable bonds is 3. The lowest BCUT2D eigenvalue weighted by Crippen LogP contribution is -2.14. The molecule has 0 saturated heterocycles. The highest BCUT2D eigenvalue weighted by molar-refractivity contribution is 7.10. The van der Waals surface area contributed by atoms with Crippen LogP contribution in [0.1, 0.15) is 49.1 Å². The first-order chi connectivity index (χ1) is 7.33. The zero-order chi connectivity index (χ0) is 10.7. The second-order valence-corrected chi connectivity index (χ2v) is 5.11. The molecule has 1 unspecified atom stereocenters. The summed E-state index contributed by atoms with van der Waals surface area (Å²) in [6, 6.07) is 2.38. The van der Waals surface area contributed by atoms with E-state index in [-0.39, 0.29) is 6.04 Å². The minimum Gasteiger partial charge on any atom is -0.320 e. The minimum atomic E-state index is 0.167. The van der Waals surface area contributed by atoms with Crippen molar-refractivity contribution >= 4 is 11.3 Å². The molecule has 0 bridgehead atoms. The molecule has 1 atom stereocenters. The van der Waals surface area contributed by atoms with Gasteiger partial charge < -0.3 is 5.73 Å². The summed E-state index contributed by atoms with van der Waals surface area (Å²) in [4.78, 5) is 1.38. The molecule has 82 valence electrons. The smallest absolute Gasteiger partial charge is 0.0608 e. The van der Waals surface area contributed by atoms with Crippen LogP contribution in [0.2, 0.25) is 0 Å². The van der Waals surface area contributed by atoms with E-state index in [2.05, 4.69) is 24.4 Å². The van der Waals surface area contributed by atoms with Crippen molar-refractivity contribution in [3.63, 3.8) is 0 Å². The van der Waals surface area contributed by atoms with Crippen molar-refractivity contribution in [2.24, 2.45) is 5.73 Å². The fraction of sp³-hybridized carbons (Fsp3) is 0.538. The quantitative estimate of drug-likeness (QED) is 0.772. The molecule has 1 aliphatic carbocycles. The fourth-order valence-corrected chi connectivity index (χ4v) is 3.27. The summed E-state index contributed by atoms with van der Waals surface area (Å²) in [5, 5.41) is 2.16. The number of nitrogens with two attached hydrogens (primary N) is 1. The number of allylic oxidation sites excluding steroid dienone is 1. The van der Waals surface area contributed by atoms with Gasteiger partial charge in [0.1, 0.15) is 0 Å². The van der Waals surface area contributed by atoms with Gasteiger partial charge in [-0.3, -0.25) is 0 Å². The third-order valence-corrected chi connectivity index (χ3v) is 4.21. The molecule has 15 heavy (non-hydrogen) atoms. The van der Waals surface area contributed by atoms with Crippen LogP contribution in [-0.2, 0) is 6.42 Å². The Labute approximate surface area is 96.0 Å². The fourth-order valence-electron chi connectivity index (χ4n) is 2.23. The summed E-state index contributed by atoms with van der Waals surface area (Å²) in [5.74, 6) is 0. The monoisotopic (exact) mass is 221 g/mol. The summed E-state index contributed by atoms with van der Waals surface area (Å²) in [6.45, 7) is 2.20. The molecule has 0 aromatic carbocycles. The van der Waals surface area contributed by atoms with Crippen LogP contribution in [0.15, 0.2) is 23.1 Å². The summed E-state index contributed by atoms with van der Waals surface area (Å²) < 4.78 is 0. The van der Waals surface area contributed by atoms with E-state index in [4.69, 9.17) is 5.73 Å². The van der Waals surface area contributed by atoms with E-state index in [1.165, 1.54) is 41.7 Å². The second-order valence-electron chi connectivity index (χ2n) is 4.17. The van der Waals surface area contributed by atoms with Crippen LogP contribution in [0.3, 0.4) is 0 Å². The highest BCUT2D eigenvalue weighted by Gasteiger charge is 2.17. The van der Waals surface area contributed by atoms with Crippen molar-refractivity contribution in [3.05, 3.63) is 33.5 Å². The first-order valence-corrected chi connectivity index (χ1v) is 6.71. The highest BCUT2D eigenvalue weighted by Crippen LogP contribution is 2.32. The Bertz CT molecular complexity index is 351. The number of thiophene rings is 1. The van der Waals surface area contributed by atoms with Crippen LogP contribution in [0, 0.1) is 0 Å². The normalized spacial score (nSPS) is 18.7. The van der Waals surface area contributed by atoms with E-state index in [0.717, 1.165) is 6.42 Å². The van der Waals surface area contributed by atoms with E-state index in [9.17, 15) is 0 Å². The maximum Gasteiger partial charge on any atom is 0.0608 e. The maximum absolute atomic E-state index is 6.33. The van der Waals surface area contributed by atoms with Gasteiger partial charge in [0.25, 0.3) is 0 Å². The van der Waals surface area contributed by atoms with E-state index in [1.54, 1.807) is 0 Å². The Morgan fingerprint density at radius 3 is 3.00 bits per heavy atom. The van der Waals surface area contributed by atoms with Crippen LogP contribution in [0.5, 0.6) is 0 Å². The van der Waals surface area contributed by atoms with Crippen LogP contribution >= 0.6 is 11.3 Å². The average Bonchev–Trinajstić information content (AvgIpc) is 2.77. The molecule has 1 aromatic rings. The summed E-state index contributed by atoms with van der Waals surface area (Å²) in [7, 11) is 0. The van der Waals surface area contributed by atoms with Crippen LogP contribution in [0.4, 0.5) is 0 Å². The third-order valence-electron chi connectivity index (χ3n) is 3.17. The van der Waals surface area contributed by atoms with Gasteiger partial charge in [-0.2, -0.15) is 0 Å². The van der Waals surface area contributed by atoms with E-state index < -0.39 is 0 Å². The molecule has 2 N–H and O–H groups in total. The Morgan fingerprint density at radius 2 is 2.33 bits per heavy atom. The molecule has 0 aliphatic heterocycles. The first-order valence-electron chi connectivity index (χ1n) is 5.83.